The summed E-state index contributed by atoms with van der Waals surface area (Å²) in [5, 5.41) is 17.4. The van der Waals surface area contributed by atoms with Crippen molar-refractivity contribution in [3.63, 3.8) is 0 Å². The maximum absolute atomic E-state index is 13.6. The van der Waals surface area contributed by atoms with Gasteiger partial charge in [0.2, 0.25) is 0 Å². The van der Waals surface area contributed by atoms with Crippen LogP contribution in [0.5, 0.6) is 5.75 Å². The molecule has 0 aromatic heterocycles. The standard InChI is InChI=1S/C11H11FO5/c1-17-6-2-3-7(9(12)4-6)8(11(15)16)5-10(13)14/h2-4,8H,5H2,1H3,(H,13,14)(H,15,16). The zero-order valence-electron chi connectivity index (χ0n) is 9.01. The number of methoxy groups -OCH3 is 1. The number of carboxylic acid groups (broad SMARTS) is 2. The van der Waals surface area contributed by atoms with Crippen molar-refractivity contribution in [2.24, 2.45) is 0 Å². The van der Waals surface area contributed by atoms with E-state index in [0.29, 0.717) is 0 Å². The molecule has 1 atom stereocenters. The average Bonchev–Trinajstić information content (AvgIpc) is 2.25. The summed E-state index contributed by atoms with van der Waals surface area (Å²) >= 11 is 0. The number of carboxylic acids is 2. The van der Waals surface area contributed by atoms with Crippen LogP contribution < -0.4 is 4.74 Å². The molecule has 0 aliphatic heterocycles. The monoisotopic (exact) mass is 242 g/mol. The van der Waals surface area contributed by atoms with E-state index in [1.165, 1.54) is 19.2 Å². The maximum Gasteiger partial charge on any atom is 0.311 e. The lowest BCUT2D eigenvalue weighted by Crippen LogP contribution is -2.17. The summed E-state index contributed by atoms with van der Waals surface area (Å²) in [6, 6.07) is 3.62. The Labute approximate surface area is 96.4 Å². The average molecular weight is 242 g/mol. The van der Waals surface area contributed by atoms with E-state index in [1.54, 1.807) is 0 Å². The van der Waals surface area contributed by atoms with Crippen molar-refractivity contribution in [2.45, 2.75) is 12.3 Å². The molecule has 2 N–H and O–H groups in total. The molecule has 0 amide bonds. The van der Waals surface area contributed by atoms with Crippen molar-refractivity contribution in [1.82, 2.24) is 0 Å². The summed E-state index contributed by atoms with van der Waals surface area (Å²) in [5.41, 5.74) is -0.166. The molecule has 0 spiro atoms. The largest absolute Gasteiger partial charge is 0.497 e. The number of halogens is 1. The van der Waals surface area contributed by atoms with Crippen LogP contribution in [0, 0.1) is 5.82 Å². The quantitative estimate of drug-likeness (QED) is 0.816. The highest BCUT2D eigenvalue weighted by atomic mass is 19.1. The minimum absolute atomic E-state index is 0.166. The normalized spacial score (nSPS) is 11.9. The fraction of sp³-hybridized carbons (Fsp3) is 0.273. The highest BCUT2D eigenvalue weighted by molar-refractivity contribution is 5.82. The number of hydrogen-bond donors (Lipinski definition) is 2. The maximum atomic E-state index is 13.6. The summed E-state index contributed by atoms with van der Waals surface area (Å²) in [6.45, 7) is 0. The van der Waals surface area contributed by atoms with Gasteiger partial charge >= 0.3 is 11.9 Å². The predicted molar refractivity (Wildman–Crippen MR) is 55.6 cm³/mol. The molecule has 1 rings (SSSR count). The molecule has 92 valence electrons. The van der Waals surface area contributed by atoms with Crippen molar-refractivity contribution >= 4 is 11.9 Å². The lowest BCUT2D eigenvalue weighted by atomic mass is 9.95. The number of carbonyl (C=O) groups is 2. The Morgan fingerprint density at radius 2 is 2.06 bits per heavy atom. The molecule has 1 aromatic rings. The van der Waals surface area contributed by atoms with Gasteiger partial charge in [-0.3, -0.25) is 9.59 Å². The summed E-state index contributed by atoms with van der Waals surface area (Å²) in [6.07, 6.45) is -0.668. The number of benzene rings is 1. The molecule has 0 radical (unpaired) electrons. The Morgan fingerprint density at radius 3 is 2.47 bits per heavy atom. The van der Waals surface area contributed by atoms with E-state index in [-0.39, 0.29) is 11.3 Å². The van der Waals surface area contributed by atoms with Crippen LogP contribution in [0.15, 0.2) is 18.2 Å². The smallest absolute Gasteiger partial charge is 0.311 e. The summed E-state index contributed by atoms with van der Waals surface area (Å²) in [5.74, 6) is -4.63. The predicted octanol–water partition coefficient (Wildman–Crippen LogP) is 1.48. The van der Waals surface area contributed by atoms with Crippen LogP contribution in [0.25, 0.3) is 0 Å². The number of hydrogen-bond acceptors (Lipinski definition) is 3. The minimum Gasteiger partial charge on any atom is -0.497 e. The van der Waals surface area contributed by atoms with Crippen LogP contribution >= 0.6 is 0 Å². The van der Waals surface area contributed by atoms with Crippen LogP contribution in [-0.2, 0) is 9.59 Å². The fourth-order valence-electron chi connectivity index (χ4n) is 1.42. The van der Waals surface area contributed by atoms with Crippen molar-refractivity contribution in [3.05, 3.63) is 29.6 Å². The Kier molecular flexibility index (Phi) is 4.03. The van der Waals surface area contributed by atoms with Gasteiger partial charge in [0.15, 0.2) is 0 Å². The molecule has 0 aliphatic rings. The first-order valence-electron chi connectivity index (χ1n) is 4.73. The van der Waals surface area contributed by atoms with Crippen LogP contribution in [-0.4, -0.2) is 29.3 Å². The highest BCUT2D eigenvalue weighted by Crippen LogP contribution is 2.26. The van der Waals surface area contributed by atoms with Gasteiger partial charge < -0.3 is 14.9 Å². The second kappa shape index (κ2) is 5.29. The SMILES string of the molecule is COc1ccc(C(CC(=O)O)C(=O)O)c(F)c1. The molecule has 0 bridgehead atoms. The van der Waals surface area contributed by atoms with Gasteiger partial charge in [-0.25, -0.2) is 4.39 Å². The van der Waals surface area contributed by atoms with Crippen LogP contribution in [0.4, 0.5) is 4.39 Å². The fourth-order valence-corrected chi connectivity index (χ4v) is 1.42. The minimum atomic E-state index is -1.40. The Bertz CT molecular complexity index is 443. The van der Waals surface area contributed by atoms with Gasteiger partial charge in [-0.05, 0) is 6.07 Å². The zero-order chi connectivity index (χ0) is 13.0. The van der Waals surface area contributed by atoms with Crippen LogP contribution in [0.2, 0.25) is 0 Å². The van der Waals surface area contributed by atoms with E-state index >= 15 is 0 Å². The van der Waals surface area contributed by atoms with E-state index in [1.807, 2.05) is 0 Å². The van der Waals surface area contributed by atoms with Gasteiger partial charge in [-0.2, -0.15) is 0 Å². The topological polar surface area (TPSA) is 83.8 Å². The molecule has 1 unspecified atom stereocenters. The molecule has 0 fully saturated rings. The molecule has 6 heteroatoms. The molecular formula is C11H11FO5. The highest BCUT2D eigenvalue weighted by Gasteiger charge is 2.26. The van der Waals surface area contributed by atoms with Gasteiger partial charge in [-0.1, -0.05) is 6.07 Å². The molecule has 0 saturated heterocycles. The number of rotatable bonds is 5. The third kappa shape index (κ3) is 3.17. The second-order valence-electron chi connectivity index (χ2n) is 3.38. The van der Waals surface area contributed by atoms with E-state index < -0.39 is 30.1 Å². The first-order chi connectivity index (χ1) is 7.95. The van der Waals surface area contributed by atoms with Crippen molar-refractivity contribution < 1.29 is 28.9 Å². The first-order valence-corrected chi connectivity index (χ1v) is 4.73. The van der Waals surface area contributed by atoms with Gasteiger partial charge in [0, 0.05) is 11.6 Å². The molecular weight excluding hydrogens is 231 g/mol. The van der Waals surface area contributed by atoms with Crippen molar-refractivity contribution in [2.75, 3.05) is 7.11 Å². The van der Waals surface area contributed by atoms with Crippen molar-refractivity contribution in [1.29, 1.82) is 0 Å². The Hall–Kier alpha value is -2.11. The van der Waals surface area contributed by atoms with Crippen molar-refractivity contribution in [3.8, 4) is 5.75 Å². The first kappa shape index (κ1) is 13.0. The van der Waals surface area contributed by atoms with Gasteiger partial charge in [0.05, 0.1) is 19.4 Å². The van der Waals surface area contributed by atoms with Crippen LogP contribution in [0.1, 0.15) is 17.9 Å². The number of ether oxygens (including phenoxy) is 1. The molecule has 0 heterocycles. The van der Waals surface area contributed by atoms with Gasteiger partial charge in [0.1, 0.15) is 11.6 Å². The lowest BCUT2D eigenvalue weighted by Gasteiger charge is -2.12. The van der Waals surface area contributed by atoms with Gasteiger partial charge in [-0.15, -0.1) is 0 Å². The molecule has 0 aliphatic carbocycles. The summed E-state index contributed by atoms with van der Waals surface area (Å²) < 4.78 is 18.3. The van der Waals surface area contributed by atoms with E-state index in [4.69, 9.17) is 14.9 Å². The van der Waals surface area contributed by atoms with E-state index in [9.17, 15) is 14.0 Å². The van der Waals surface area contributed by atoms with Crippen LogP contribution in [0.3, 0.4) is 0 Å². The summed E-state index contributed by atoms with van der Waals surface area (Å²) in [4.78, 5) is 21.4. The third-order valence-electron chi connectivity index (χ3n) is 2.26. The Morgan fingerprint density at radius 1 is 1.41 bits per heavy atom. The van der Waals surface area contributed by atoms with Gasteiger partial charge in [0.25, 0.3) is 0 Å². The lowest BCUT2D eigenvalue weighted by molar-refractivity contribution is -0.145. The Balaban J connectivity index is 3.10. The van der Waals surface area contributed by atoms with E-state index in [2.05, 4.69) is 0 Å². The second-order valence-corrected chi connectivity index (χ2v) is 3.38. The molecule has 1 aromatic carbocycles. The van der Waals surface area contributed by atoms with E-state index in [0.717, 1.165) is 6.07 Å². The molecule has 17 heavy (non-hydrogen) atoms. The summed E-state index contributed by atoms with van der Waals surface area (Å²) in [7, 11) is 1.35. The molecule has 0 saturated carbocycles. The zero-order valence-corrected chi connectivity index (χ0v) is 9.01. The number of aliphatic carboxylic acids is 2. The molecule has 5 nitrogen and oxygen atoms in total. The third-order valence-corrected chi connectivity index (χ3v) is 2.26.